The zero-order chi connectivity index (χ0) is 21.1. The number of carbonyl (C=O) groups is 1. The number of rotatable bonds is 7. The van der Waals surface area contributed by atoms with Crippen LogP contribution in [-0.2, 0) is 11.2 Å². The van der Waals surface area contributed by atoms with E-state index in [2.05, 4.69) is 5.32 Å². The minimum Gasteiger partial charge on any atom is -0.495 e. The second kappa shape index (κ2) is 8.37. The Bertz CT molecular complexity index is 1210. The van der Waals surface area contributed by atoms with Crippen molar-refractivity contribution in [2.75, 3.05) is 26.6 Å². The molecule has 0 unspecified atom stereocenters. The Hall–Kier alpha value is -3.67. The summed E-state index contributed by atoms with van der Waals surface area (Å²) in [6.07, 6.45) is 0.887. The number of hydrogen-bond acceptors (Lipinski definition) is 5. The molecule has 0 aliphatic carbocycles. The van der Waals surface area contributed by atoms with E-state index in [1.54, 1.807) is 21.3 Å². The minimum absolute atomic E-state index is 0.112. The van der Waals surface area contributed by atoms with Crippen LogP contribution in [0.15, 0.2) is 59.0 Å². The molecule has 0 saturated heterocycles. The molecule has 1 aromatic heterocycles. The third kappa shape index (κ3) is 3.76. The number of amides is 1. The fourth-order valence-electron chi connectivity index (χ4n) is 3.52. The molecule has 3 aromatic carbocycles. The summed E-state index contributed by atoms with van der Waals surface area (Å²) in [5, 5.41) is 4.90. The van der Waals surface area contributed by atoms with E-state index in [1.165, 1.54) is 0 Å². The van der Waals surface area contributed by atoms with Crippen molar-refractivity contribution in [1.29, 1.82) is 0 Å². The molecule has 0 fully saturated rings. The Kier molecular flexibility index (Phi) is 5.48. The number of benzene rings is 3. The average molecular weight is 405 g/mol. The second-order valence-electron chi connectivity index (χ2n) is 6.88. The standard InChI is InChI=1S/C24H23NO5/c1-27-20-10-8-15(12-23(20)29-3)9-11-24(26)25-18-14-21-17(13-22(18)28-2)16-6-4-5-7-19(16)30-21/h4-8,10,12-14H,9,11H2,1-3H3,(H,25,26). The van der Waals surface area contributed by atoms with Crippen molar-refractivity contribution in [3.8, 4) is 17.2 Å². The normalized spacial score (nSPS) is 10.9. The number of aryl methyl sites for hydroxylation is 1. The highest BCUT2D eigenvalue weighted by Crippen LogP contribution is 2.36. The van der Waals surface area contributed by atoms with E-state index in [0.29, 0.717) is 41.4 Å². The highest BCUT2D eigenvalue weighted by molar-refractivity contribution is 6.07. The molecule has 30 heavy (non-hydrogen) atoms. The van der Waals surface area contributed by atoms with E-state index >= 15 is 0 Å². The number of nitrogens with one attached hydrogen (secondary N) is 1. The number of methoxy groups -OCH3 is 3. The lowest BCUT2D eigenvalue weighted by atomic mass is 10.1. The molecule has 6 nitrogen and oxygen atoms in total. The number of ether oxygens (including phenoxy) is 3. The third-order valence-corrected chi connectivity index (χ3v) is 5.06. The summed E-state index contributed by atoms with van der Waals surface area (Å²) in [4.78, 5) is 12.6. The van der Waals surface area contributed by atoms with Crippen molar-refractivity contribution in [2.24, 2.45) is 0 Å². The molecule has 0 saturated carbocycles. The molecule has 154 valence electrons. The van der Waals surface area contributed by atoms with E-state index in [0.717, 1.165) is 21.9 Å². The van der Waals surface area contributed by atoms with Crippen LogP contribution in [0.3, 0.4) is 0 Å². The summed E-state index contributed by atoms with van der Waals surface area (Å²) in [5.41, 5.74) is 3.07. The van der Waals surface area contributed by atoms with E-state index in [4.69, 9.17) is 18.6 Å². The molecule has 0 aliphatic rings. The van der Waals surface area contributed by atoms with Gasteiger partial charge in [0.1, 0.15) is 16.9 Å². The number of para-hydroxylation sites is 1. The predicted octanol–water partition coefficient (Wildman–Crippen LogP) is 5.18. The lowest BCUT2D eigenvalue weighted by Crippen LogP contribution is -2.13. The predicted molar refractivity (Wildman–Crippen MR) is 117 cm³/mol. The van der Waals surface area contributed by atoms with Crippen molar-refractivity contribution in [1.82, 2.24) is 0 Å². The zero-order valence-corrected chi connectivity index (χ0v) is 17.2. The minimum atomic E-state index is -0.112. The van der Waals surface area contributed by atoms with Gasteiger partial charge in [-0.2, -0.15) is 0 Å². The number of fused-ring (bicyclic) bond motifs is 3. The topological polar surface area (TPSA) is 69.9 Å². The molecule has 0 spiro atoms. The monoisotopic (exact) mass is 405 g/mol. The van der Waals surface area contributed by atoms with Crippen molar-refractivity contribution in [3.05, 3.63) is 60.2 Å². The number of hydrogen-bond donors (Lipinski definition) is 1. The molecule has 0 atom stereocenters. The van der Waals surface area contributed by atoms with Gasteiger partial charge in [-0.1, -0.05) is 24.3 Å². The molecule has 0 bridgehead atoms. The van der Waals surface area contributed by atoms with Crippen LogP contribution in [0.5, 0.6) is 17.2 Å². The smallest absolute Gasteiger partial charge is 0.224 e. The van der Waals surface area contributed by atoms with Crippen LogP contribution in [-0.4, -0.2) is 27.2 Å². The summed E-state index contributed by atoms with van der Waals surface area (Å²) in [7, 11) is 4.77. The highest BCUT2D eigenvalue weighted by atomic mass is 16.5. The van der Waals surface area contributed by atoms with E-state index in [9.17, 15) is 4.79 Å². The average Bonchev–Trinajstić information content (AvgIpc) is 3.14. The second-order valence-corrected chi connectivity index (χ2v) is 6.88. The fraction of sp³-hybridized carbons (Fsp3) is 0.208. The lowest BCUT2D eigenvalue weighted by Gasteiger charge is -2.11. The Balaban J connectivity index is 1.52. The summed E-state index contributed by atoms with van der Waals surface area (Å²) < 4.78 is 22.0. The summed E-state index contributed by atoms with van der Waals surface area (Å²) >= 11 is 0. The van der Waals surface area contributed by atoms with Crippen LogP contribution in [0.1, 0.15) is 12.0 Å². The van der Waals surface area contributed by atoms with Crippen LogP contribution in [0.2, 0.25) is 0 Å². The molecular weight excluding hydrogens is 382 g/mol. The molecule has 0 radical (unpaired) electrons. The van der Waals surface area contributed by atoms with Crippen LogP contribution in [0, 0.1) is 0 Å². The Morgan fingerprint density at radius 3 is 2.37 bits per heavy atom. The summed E-state index contributed by atoms with van der Waals surface area (Å²) in [5.74, 6) is 1.79. The fourth-order valence-corrected chi connectivity index (χ4v) is 3.52. The molecule has 6 heteroatoms. The van der Waals surface area contributed by atoms with Gasteiger partial charge in [0.2, 0.25) is 5.91 Å². The van der Waals surface area contributed by atoms with Gasteiger partial charge in [0.05, 0.1) is 27.0 Å². The van der Waals surface area contributed by atoms with Gasteiger partial charge >= 0.3 is 0 Å². The van der Waals surface area contributed by atoms with Gasteiger partial charge in [-0.3, -0.25) is 4.79 Å². The van der Waals surface area contributed by atoms with Gasteiger partial charge in [-0.05, 0) is 36.2 Å². The highest BCUT2D eigenvalue weighted by Gasteiger charge is 2.14. The Morgan fingerprint density at radius 1 is 0.833 bits per heavy atom. The number of furan rings is 1. The first-order chi connectivity index (χ1) is 14.6. The maximum atomic E-state index is 12.6. The third-order valence-electron chi connectivity index (χ3n) is 5.06. The first-order valence-corrected chi connectivity index (χ1v) is 9.63. The first-order valence-electron chi connectivity index (χ1n) is 9.63. The van der Waals surface area contributed by atoms with Gasteiger partial charge < -0.3 is 23.9 Å². The van der Waals surface area contributed by atoms with Gasteiger partial charge in [0.15, 0.2) is 11.5 Å². The van der Waals surface area contributed by atoms with E-state index < -0.39 is 0 Å². The van der Waals surface area contributed by atoms with Crippen LogP contribution >= 0.6 is 0 Å². The van der Waals surface area contributed by atoms with Gasteiger partial charge in [0.25, 0.3) is 0 Å². The van der Waals surface area contributed by atoms with Gasteiger partial charge in [-0.15, -0.1) is 0 Å². The maximum Gasteiger partial charge on any atom is 0.224 e. The lowest BCUT2D eigenvalue weighted by molar-refractivity contribution is -0.116. The molecule has 1 amide bonds. The molecular formula is C24H23NO5. The largest absolute Gasteiger partial charge is 0.495 e. The SMILES string of the molecule is COc1cc2c(cc1NC(=O)CCc1ccc(OC)c(OC)c1)oc1ccccc12. The molecule has 1 heterocycles. The number of anilines is 1. The Labute approximate surface area is 174 Å². The molecule has 4 rings (SSSR count). The van der Waals surface area contributed by atoms with Crippen molar-refractivity contribution < 1.29 is 23.4 Å². The van der Waals surface area contributed by atoms with Crippen LogP contribution in [0.4, 0.5) is 5.69 Å². The zero-order valence-electron chi connectivity index (χ0n) is 17.2. The molecule has 0 aliphatic heterocycles. The Morgan fingerprint density at radius 2 is 1.60 bits per heavy atom. The van der Waals surface area contributed by atoms with E-state index in [1.807, 2.05) is 54.6 Å². The first kappa shape index (κ1) is 19.6. The van der Waals surface area contributed by atoms with Gasteiger partial charge in [0, 0.05) is 23.3 Å². The molecule has 4 aromatic rings. The van der Waals surface area contributed by atoms with Crippen LogP contribution in [0.25, 0.3) is 21.9 Å². The summed E-state index contributed by atoms with van der Waals surface area (Å²) in [6, 6.07) is 17.2. The quantitative estimate of drug-likeness (QED) is 0.459. The van der Waals surface area contributed by atoms with Crippen molar-refractivity contribution >= 4 is 33.5 Å². The number of carbonyl (C=O) groups excluding carboxylic acids is 1. The van der Waals surface area contributed by atoms with Gasteiger partial charge in [-0.25, -0.2) is 0 Å². The maximum absolute atomic E-state index is 12.6. The van der Waals surface area contributed by atoms with Crippen LogP contribution < -0.4 is 19.5 Å². The molecule has 1 N–H and O–H groups in total. The van der Waals surface area contributed by atoms with Crippen molar-refractivity contribution in [3.63, 3.8) is 0 Å². The van der Waals surface area contributed by atoms with Crippen molar-refractivity contribution in [2.45, 2.75) is 12.8 Å². The summed E-state index contributed by atoms with van der Waals surface area (Å²) in [6.45, 7) is 0. The van der Waals surface area contributed by atoms with E-state index in [-0.39, 0.29) is 5.91 Å².